The maximum Gasteiger partial charge on any atom is 0.257 e. The van der Waals surface area contributed by atoms with Gasteiger partial charge in [-0.15, -0.1) is 0 Å². The Morgan fingerprint density at radius 1 is 0.800 bits per heavy atom. The minimum atomic E-state index is -0.280. The normalized spacial score (nSPS) is 10.2. The highest BCUT2D eigenvalue weighted by Crippen LogP contribution is 2.19. The Morgan fingerprint density at radius 3 is 1.97 bits per heavy atom. The number of hydrogen-bond acceptors (Lipinski definition) is 4. The third-order valence-corrected chi connectivity index (χ3v) is 4.63. The number of carbonyl (C=O) groups excluding carboxylic acids is 1. The Balaban J connectivity index is 1.46. The number of ether oxygens (including phenoxy) is 2. The third-order valence-electron chi connectivity index (χ3n) is 4.43. The van der Waals surface area contributed by atoms with Gasteiger partial charge in [-0.3, -0.25) is 10.1 Å². The Labute approximate surface area is 182 Å². The zero-order valence-electron chi connectivity index (χ0n) is 17.0. The quantitative estimate of drug-likeness (QED) is 0.421. The van der Waals surface area contributed by atoms with E-state index in [9.17, 15) is 4.79 Å². The molecule has 0 fully saturated rings. The molecule has 0 aliphatic heterocycles. The predicted molar refractivity (Wildman–Crippen MR) is 123 cm³/mol. The van der Waals surface area contributed by atoms with Gasteiger partial charge in [-0.1, -0.05) is 36.4 Å². The number of para-hydroxylation sites is 2. The van der Waals surface area contributed by atoms with Crippen molar-refractivity contribution >= 4 is 28.9 Å². The molecule has 154 valence electrons. The number of nitrogens with one attached hydrogen (secondary N) is 2. The van der Waals surface area contributed by atoms with Gasteiger partial charge in [0.25, 0.3) is 5.91 Å². The minimum absolute atomic E-state index is 0.260. The highest BCUT2D eigenvalue weighted by atomic mass is 32.1. The lowest BCUT2D eigenvalue weighted by atomic mass is 10.1. The van der Waals surface area contributed by atoms with E-state index in [-0.39, 0.29) is 11.0 Å². The summed E-state index contributed by atoms with van der Waals surface area (Å²) >= 11 is 5.29. The van der Waals surface area contributed by atoms with E-state index in [4.69, 9.17) is 21.7 Å². The maximum absolute atomic E-state index is 12.4. The molecule has 0 aromatic heterocycles. The molecule has 0 bridgehead atoms. The van der Waals surface area contributed by atoms with Crippen molar-refractivity contribution in [2.24, 2.45) is 0 Å². The highest BCUT2D eigenvalue weighted by Gasteiger charge is 2.10. The van der Waals surface area contributed by atoms with Gasteiger partial charge < -0.3 is 14.8 Å². The van der Waals surface area contributed by atoms with Crippen LogP contribution in [0.5, 0.6) is 11.5 Å². The summed E-state index contributed by atoms with van der Waals surface area (Å²) in [7, 11) is 0. The molecule has 0 atom stereocenters. The molecule has 0 saturated heterocycles. The zero-order chi connectivity index (χ0) is 21.3. The molecule has 0 radical (unpaired) electrons. The van der Waals surface area contributed by atoms with Crippen molar-refractivity contribution in [2.75, 3.05) is 18.5 Å². The average Bonchev–Trinajstić information content (AvgIpc) is 2.75. The van der Waals surface area contributed by atoms with Crippen molar-refractivity contribution < 1.29 is 14.3 Å². The van der Waals surface area contributed by atoms with Gasteiger partial charge in [-0.2, -0.15) is 0 Å². The average molecular weight is 421 g/mol. The Hall–Kier alpha value is -3.38. The minimum Gasteiger partial charge on any atom is -0.490 e. The second kappa shape index (κ2) is 10.4. The lowest BCUT2D eigenvalue weighted by Crippen LogP contribution is -2.34. The zero-order valence-corrected chi connectivity index (χ0v) is 17.8. The van der Waals surface area contributed by atoms with Crippen molar-refractivity contribution in [1.82, 2.24) is 5.32 Å². The molecule has 3 rings (SSSR count). The topological polar surface area (TPSA) is 59.6 Å². The molecular formula is C24H24N2O3S. The fourth-order valence-electron chi connectivity index (χ4n) is 2.87. The van der Waals surface area contributed by atoms with E-state index in [0.717, 1.165) is 22.6 Å². The molecular weight excluding hydrogens is 396 g/mol. The molecule has 3 aromatic rings. The highest BCUT2D eigenvalue weighted by molar-refractivity contribution is 7.80. The summed E-state index contributed by atoms with van der Waals surface area (Å²) in [4.78, 5) is 12.4. The summed E-state index contributed by atoms with van der Waals surface area (Å²) < 4.78 is 11.2. The number of anilines is 1. The lowest BCUT2D eigenvalue weighted by Gasteiger charge is -2.14. The molecule has 6 heteroatoms. The largest absolute Gasteiger partial charge is 0.490 e. The van der Waals surface area contributed by atoms with Crippen LogP contribution in [0.15, 0.2) is 72.8 Å². The second-order valence-corrected chi connectivity index (χ2v) is 7.12. The van der Waals surface area contributed by atoms with Crippen molar-refractivity contribution in [3.05, 3.63) is 89.5 Å². The standard InChI is InChI=1S/C24H24N2O3S/c1-17-7-6-8-18(2)22(17)25-24(30)26-23(27)19-11-13-21(14-12-19)29-16-15-28-20-9-4-3-5-10-20/h3-14H,15-16H2,1-2H3,(H2,25,26,27,30). The molecule has 0 spiro atoms. The van der Waals surface area contributed by atoms with E-state index in [0.29, 0.717) is 24.5 Å². The van der Waals surface area contributed by atoms with Crippen LogP contribution in [0.1, 0.15) is 21.5 Å². The summed E-state index contributed by atoms with van der Waals surface area (Å²) in [6.07, 6.45) is 0. The van der Waals surface area contributed by atoms with Crippen LogP contribution >= 0.6 is 12.2 Å². The van der Waals surface area contributed by atoms with Crippen LogP contribution in [0.3, 0.4) is 0 Å². The third kappa shape index (κ3) is 6.06. The number of amides is 1. The first-order chi connectivity index (χ1) is 14.5. The summed E-state index contributed by atoms with van der Waals surface area (Å²) in [5.74, 6) is 1.19. The van der Waals surface area contributed by atoms with Gasteiger partial charge in [0, 0.05) is 11.3 Å². The Kier molecular flexibility index (Phi) is 7.40. The van der Waals surface area contributed by atoms with Crippen LogP contribution in [-0.4, -0.2) is 24.2 Å². The van der Waals surface area contributed by atoms with Crippen LogP contribution in [0.2, 0.25) is 0 Å². The van der Waals surface area contributed by atoms with Gasteiger partial charge in [-0.25, -0.2) is 0 Å². The van der Waals surface area contributed by atoms with E-state index >= 15 is 0 Å². The summed E-state index contributed by atoms with van der Waals surface area (Å²) in [5.41, 5.74) is 3.52. The monoisotopic (exact) mass is 420 g/mol. The Morgan fingerprint density at radius 2 is 1.37 bits per heavy atom. The fraction of sp³-hybridized carbons (Fsp3) is 0.167. The first-order valence-corrected chi connectivity index (χ1v) is 10.0. The number of rotatable bonds is 7. The van der Waals surface area contributed by atoms with Crippen LogP contribution in [0, 0.1) is 13.8 Å². The second-order valence-electron chi connectivity index (χ2n) is 6.71. The van der Waals surface area contributed by atoms with Crippen LogP contribution in [0.4, 0.5) is 5.69 Å². The number of hydrogen-bond donors (Lipinski definition) is 2. The first-order valence-electron chi connectivity index (χ1n) is 9.62. The van der Waals surface area contributed by atoms with Gasteiger partial charge in [0.1, 0.15) is 24.7 Å². The molecule has 0 unspecified atom stereocenters. The van der Waals surface area contributed by atoms with Gasteiger partial charge in [0.2, 0.25) is 0 Å². The molecule has 0 aliphatic carbocycles. The molecule has 0 aliphatic rings. The van der Waals surface area contributed by atoms with E-state index in [1.165, 1.54) is 0 Å². The summed E-state index contributed by atoms with van der Waals surface area (Å²) in [6, 6.07) is 22.4. The molecule has 5 nitrogen and oxygen atoms in total. The van der Waals surface area contributed by atoms with Gasteiger partial charge in [0.15, 0.2) is 5.11 Å². The smallest absolute Gasteiger partial charge is 0.257 e. The summed E-state index contributed by atoms with van der Waals surface area (Å²) in [6.45, 7) is 4.82. The van der Waals surface area contributed by atoms with Crippen molar-refractivity contribution in [2.45, 2.75) is 13.8 Å². The van der Waals surface area contributed by atoms with E-state index in [1.807, 2.05) is 62.4 Å². The molecule has 0 saturated carbocycles. The molecule has 1 amide bonds. The van der Waals surface area contributed by atoms with Crippen molar-refractivity contribution in [1.29, 1.82) is 0 Å². The number of benzene rings is 3. The fourth-order valence-corrected chi connectivity index (χ4v) is 3.06. The van der Waals surface area contributed by atoms with Gasteiger partial charge in [0.05, 0.1) is 0 Å². The number of thiocarbonyl (C=S) groups is 1. The van der Waals surface area contributed by atoms with Crippen LogP contribution in [0.25, 0.3) is 0 Å². The van der Waals surface area contributed by atoms with Crippen molar-refractivity contribution in [3.63, 3.8) is 0 Å². The number of carbonyl (C=O) groups is 1. The van der Waals surface area contributed by atoms with E-state index < -0.39 is 0 Å². The van der Waals surface area contributed by atoms with Crippen LogP contribution in [-0.2, 0) is 0 Å². The molecule has 2 N–H and O–H groups in total. The SMILES string of the molecule is Cc1cccc(C)c1NC(=S)NC(=O)c1ccc(OCCOc2ccccc2)cc1. The molecule has 30 heavy (non-hydrogen) atoms. The maximum atomic E-state index is 12.4. The van der Waals surface area contributed by atoms with Crippen LogP contribution < -0.4 is 20.1 Å². The predicted octanol–water partition coefficient (Wildman–Crippen LogP) is 4.89. The molecule has 0 heterocycles. The number of aryl methyl sites for hydroxylation is 2. The lowest BCUT2D eigenvalue weighted by molar-refractivity contribution is 0.0977. The van der Waals surface area contributed by atoms with Gasteiger partial charge in [-0.05, 0) is 73.6 Å². The van der Waals surface area contributed by atoms with Gasteiger partial charge >= 0.3 is 0 Å². The molecule has 3 aromatic carbocycles. The summed E-state index contributed by atoms with van der Waals surface area (Å²) in [5, 5.41) is 6.07. The first kappa shape index (κ1) is 21.3. The Bertz CT molecular complexity index is 984. The van der Waals surface area contributed by atoms with E-state index in [2.05, 4.69) is 10.6 Å². The van der Waals surface area contributed by atoms with E-state index in [1.54, 1.807) is 24.3 Å². The van der Waals surface area contributed by atoms with Crippen molar-refractivity contribution in [3.8, 4) is 11.5 Å².